The van der Waals surface area contributed by atoms with Gasteiger partial charge in [-0.05, 0) is 39.3 Å². The summed E-state index contributed by atoms with van der Waals surface area (Å²) >= 11 is 0. The van der Waals surface area contributed by atoms with E-state index in [-0.39, 0.29) is 11.3 Å². The van der Waals surface area contributed by atoms with Crippen molar-refractivity contribution in [2.45, 2.75) is 13.1 Å². The van der Waals surface area contributed by atoms with E-state index in [9.17, 15) is 9.59 Å². The smallest absolute Gasteiger partial charge is 0.338 e. The van der Waals surface area contributed by atoms with Crippen molar-refractivity contribution in [2.24, 2.45) is 0 Å². The van der Waals surface area contributed by atoms with Gasteiger partial charge in [-0.25, -0.2) is 4.79 Å². The largest absolute Gasteiger partial charge is 0.478 e. The van der Waals surface area contributed by atoms with Crippen molar-refractivity contribution in [3.8, 4) is 0 Å². The zero-order valence-corrected chi connectivity index (χ0v) is 11.9. The van der Waals surface area contributed by atoms with Crippen LogP contribution in [0.15, 0.2) is 18.3 Å². The maximum atomic E-state index is 12.1. The molecule has 1 rings (SSSR count). The van der Waals surface area contributed by atoms with Crippen molar-refractivity contribution in [1.82, 2.24) is 14.5 Å². The van der Waals surface area contributed by atoms with Gasteiger partial charge in [-0.15, -0.1) is 0 Å². The number of hydrogen-bond acceptors (Lipinski definition) is 4. The molecule has 0 radical (unpaired) electrons. The number of carbonyl (C=O) groups is 2. The fourth-order valence-electron chi connectivity index (χ4n) is 1.21. The summed E-state index contributed by atoms with van der Waals surface area (Å²) in [4.78, 5) is 29.8. The molecular weight excluding hydrogens is 250 g/mol. The van der Waals surface area contributed by atoms with Gasteiger partial charge in [-0.3, -0.25) is 9.78 Å². The molecule has 0 fully saturated rings. The molecule has 0 spiro atoms. The van der Waals surface area contributed by atoms with Crippen LogP contribution in [0.1, 0.15) is 20.8 Å². The predicted molar refractivity (Wildman–Crippen MR) is 69.8 cm³/mol. The number of aromatic nitrogens is 1. The van der Waals surface area contributed by atoms with Gasteiger partial charge >= 0.3 is 5.97 Å². The summed E-state index contributed by atoms with van der Waals surface area (Å²) in [5.74, 6) is -1.60. The summed E-state index contributed by atoms with van der Waals surface area (Å²) < 4.78 is 1.95. The van der Waals surface area contributed by atoms with E-state index in [1.54, 1.807) is 0 Å². The number of pyridine rings is 1. The summed E-state index contributed by atoms with van der Waals surface area (Å²) in [6.07, 6.45) is 1.41. The van der Waals surface area contributed by atoms with Crippen molar-refractivity contribution in [2.75, 3.05) is 14.1 Å². The number of nitrogens with one attached hydrogen (secondary N) is 1. The van der Waals surface area contributed by atoms with Crippen LogP contribution < -0.4 is 4.98 Å². The van der Waals surface area contributed by atoms with E-state index in [0.717, 1.165) is 0 Å². The maximum Gasteiger partial charge on any atom is 0.338 e. The molecule has 98 valence electrons. The van der Waals surface area contributed by atoms with Gasteiger partial charge in [-0.2, -0.15) is 0 Å². The average Bonchev–Trinajstić information content (AvgIpc) is 2.28. The van der Waals surface area contributed by atoms with Crippen molar-refractivity contribution < 1.29 is 14.7 Å². The van der Waals surface area contributed by atoms with E-state index in [1.165, 1.54) is 18.3 Å². The fraction of sp³-hybridized carbons (Fsp3) is 0.364. The van der Waals surface area contributed by atoms with Gasteiger partial charge in [0.05, 0.1) is 5.56 Å². The molecule has 0 aliphatic rings. The van der Waals surface area contributed by atoms with Crippen LogP contribution in [-0.2, 0) is 0 Å². The molecule has 0 atom stereocenters. The standard InChI is InChI=1S/C11H17N3O3Si/c1-14(2)18(3,4)13-10(15)9-8(11(16)17)6-5-7-12-9/h5-7H,1-4H3,(H,13,15)(H,16,17). The Balaban J connectivity index is 3.02. The Labute approximate surface area is 107 Å². The molecule has 1 aromatic rings. The molecule has 18 heavy (non-hydrogen) atoms. The third-order valence-corrected chi connectivity index (χ3v) is 5.87. The lowest BCUT2D eigenvalue weighted by atomic mass is 10.2. The van der Waals surface area contributed by atoms with E-state index < -0.39 is 20.3 Å². The van der Waals surface area contributed by atoms with Crippen molar-refractivity contribution in [3.05, 3.63) is 29.6 Å². The third-order valence-electron chi connectivity index (χ3n) is 2.79. The lowest BCUT2D eigenvalue weighted by Crippen LogP contribution is -2.59. The molecule has 1 aromatic heterocycles. The van der Waals surface area contributed by atoms with Gasteiger partial charge in [0.1, 0.15) is 5.69 Å². The molecule has 7 heteroatoms. The Morgan fingerprint density at radius 2 is 2.00 bits per heavy atom. The third kappa shape index (κ3) is 3.14. The van der Waals surface area contributed by atoms with Crippen LogP contribution in [0.25, 0.3) is 0 Å². The Kier molecular flexibility index (Phi) is 4.20. The second-order valence-electron chi connectivity index (χ2n) is 4.61. The van der Waals surface area contributed by atoms with E-state index in [4.69, 9.17) is 5.11 Å². The highest BCUT2D eigenvalue weighted by Gasteiger charge is 2.29. The molecule has 6 nitrogen and oxygen atoms in total. The molecule has 0 saturated heterocycles. The molecule has 0 saturated carbocycles. The number of aromatic carboxylic acids is 1. The normalized spacial score (nSPS) is 11.4. The number of carboxylic acids is 1. The number of amides is 1. The van der Waals surface area contributed by atoms with Crippen LogP contribution in [0.5, 0.6) is 0 Å². The van der Waals surface area contributed by atoms with Gasteiger partial charge in [0.2, 0.25) is 8.40 Å². The Morgan fingerprint density at radius 3 is 2.50 bits per heavy atom. The monoisotopic (exact) mass is 267 g/mol. The quantitative estimate of drug-likeness (QED) is 0.788. The first-order valence-electron chi connectivity index (χ1n) is 5.44. The van der Waals surface area contributed by atoms with E-state index in [2.05, 4.69) is 9.97 Å². The number of hydrogen-bond donors (Lipinski definition) is 2. The van der Waals surface area contributed by atoms with Crippen molar-refractivity contribution in [3.63, 3.8) is 0 Å². The molecule has 0 aliphatic heterocycles. The van der Waals surface area contributed by atoms with Crippen molar-refractivity contribution >= 4 is 20.3 Å². The maximum absolute atomic E-state index is 12.1. The van der Waals surface area contributed by atoms with Crippen LogP contribution in [0.2, 0.25) is 13.1 Å². The molecule has 0 unspecified atom stereocenters. The topological polar surface area (TPSA) is 82.5 Å². The van der Waals surface area contributed by atoms with E-state index in [0.29, 0.717) is 0 Å². The number of nitrogens with zero attached hydrogens (tertiary/aromatic N) is 2. The first-order chi connectivity index (χ1) is 8.25. The Hall–Kier alpha value is -1.73. The molecule has 0 aliphatic carbocycles. The van der Waals surface area contributed by atoms with E-state index in [1.807, 2.05) is 31.8 Å². The zero-order chi connectivity index (χ0) is 13.9. The molecular formula is C11H17N3O3Si. The molecule has 1 amide bonds. The Bertz CT molecular complexity index is 474. The predicted octanol–water partition coefficient (Wildman–Crippen LogP) is 0.773. The van der Waals surface area contributed by atoms with Gasteiger partial charge < -0.3 is 14.7 Å². The van der Waals surface area contributed by atoms with Crippen LogP contribution in [0.4, 0.5) is 0 Å². The molecule has 1 heterocycles. The second kappa shape index (κ2) is 5.28. The van der Waals surface area contributed by atoms with E-state index >= 15 is 0 Å². The lowest BCUT2D eigenvalue weighted by Gasteiger charge is -2.30. The zero-order valence-electron chi connectivity index (χ0n) is 10.9. The minimum Gasteiger partial charge on any atom is -0.478 e. The minimum absolute atomic E-state index is 0.0487. The highest BCUT2D eigenvalue weighted by atomic mass is 28.3. The van der Waals surface area contributed by atoms with Gasteiger partial charge in [0.15, 0.2) is 0 Å². The molecule has 0 aromatic carbocycles. The van der Waals surface area contributed by atoms with Crippen LogP contribution >= 0.6 is 0 Å². The summed E-state index contributed by atoms with van der Waals surface area (Å²) in [6.45, 7) is 3.91. The van der Waals surface area contributed by atoms with Crippen molar-refractivity contribution in [1.29, 1.82) is 0 Å². The average molecular weight is 267 g/mol. The van der Waals surface area contributed by atoms with Gasteiger partial charge in [0, 0.05) is 6.20 Å². The number of rotatable bonds is 4. The summed E-state index contributed by atoms with van der Waals surface area (Å²) in [5, 5.41) is 9.00. The molecule has 2 N–H and O–H groups in total. The summed E-state index contributed by atoms with van der Waals surface area (Å²) in [7, 11) is 1.67. The summed E-state index contributed by atoms with van der Waals surface area (Å²) in [6, 6.07) is 2.86. The van der Waals surface area contributed by atoms with Gasteiger partial charge in [0.25, 0.3) is 5.91 Å². The SMILES string of the molecule is CN(C)[Si](C)(C)NC(=O)c1ncccc1C(=O)O. The fourth-order valence-corrected chi connectivity index (χ4v) is 2.11. The van der Waals surface area contributed by atoms with Crippen LogP contribution in [-0.4, -0.2) is 49.0 Å². The lowest BCUT2D eigenvalue weighted by molar-refractivity contribution is 0.0690. The van der Waals surface area contributed by atoms with Crippen LogP contribution in [0.3, 0.4) is 0 Å². The minimum atomic E-state index is -2.08. The second-order valence-corrected chi connectivity index (χ2v) is 8.87. The molecule has 0 bridgehead atoms. The first kappa shape index (κ1) is 14.3. The highest BCUT2D eigenvalue weighted by Crippen LogP contribution is 2.08. The first-order valence-corrected chi connectivity index (χ1v) is 8.38. The van der Waals surface area contributed by atoms with Crippen LogP contribution in [0, 0.1) is 0 Å². The Morgan fingerprint density at radius 1 is 1.39 bits per heavy atom. The summed E-state index contributed by atoms with van der Waals surface area (Å²) in [5.41, 5.74) is -0.133. The van der Waals surface area contributed by atoms with Gasteiger partial charge in [-0.1, -0.05) is 0 Å². The number of carbonyl (C=O) groups excluding carboxylic acids is 1. The highest BCUT2D eigenvalue weighted by molar-refractivity contribution is 6.74. The number of carboxylic acid groups (broad SMARTS) is 1.